The number of carbonyl (C=O) groups is 1. The van der Waals surface area contributed by atoms with Crippen LogP contribution in [0.2, 0.25) is 0 Å². The molecule has 1 aliphatic rings. The second kappa shape index (κ2) is 6.59. The van der Waals surface area contributed by atoms with Crippen LogP contribution in [0.25, 0.3) is 21.9 Å². The highest BCUT2D eigenvalue weighted by Gasteiger charge is 2.23. The van der Waals surface area contributed by atoms with Gasteiger partial charge in [0.25, 0.3) is 0 Å². The largest absolute Gasteiger partial charge is 0.365 e. The normalized spacial score (nSPS) is 17.4. The van der Waals surface area contributed by atoms with Crippen LogP contribution in [0.1, 0.15) is 12.8 Å². The summed E-state index contributed by atoms with van der Waals surface area (Å²) in [7, 11) is 0. The number of aromatic nitrogens is 3. The van der Waals surface area contributed by atoms with Gasteiger partial charge >= 0.3 is 0 Å². The predicted octanol–water partition coefficient (Wildman–Crippen LogP) is 2.06. The van der Waals surface area contributed by atoms with Gasteiger partial charge in [-0.15, -0.1) is 0 Å². The molecule has 0 bridgehead atoms. The minimum atomic E-state index is -0.104. The first-order valence-electron chi connectivity index (χ1n) is 8.61. The molecule has 1 saturated heterocycles. The van der Waals surface area contributed by atoms with Crippen molar-refractivity contribution in [2.45, 2.75) is 18.9 Å². The fraction of sp³-hybridized carbons (Fsp3) is 0.263. The van der Waals surface area contributed by atoms with Gasteiger partial charge in [-0.1, -0.05) is 18.7 Å². The Morgan fingerprint density at radius 1 is 1.35 bits per heavy atom. The van der Waals surface area contributed by atoms with Gasteiger partial charge in [-0.05, 0) is 31.1 Å². The lowest BCUT2D eigenvalue weighted by Gasteiger charge is -2.32. The standard InChI is InChI=1S/C19H19N5O2/c1-2-15(25)24-9-5-6-12(10-24)22-18-16-17(26)13-7-3-4-8-14(13)23-19(16)21-11-20-18/h2-4,7-8,11-12H,1,5-6,9-10H2,(H2,20,21,22,23,26). The van der Waals surface area contributed by atoms with Crippen LogP contribution in [0, 0.1) is 0 Å². The molecule has 3 heterocycles. The molecule has 1 unspecified atom stereocenters. The zero-order valence-corrected chi connectivity index (χ0v) is 14.2. The number of piperidine rings is 1. The Morgan fingerprint density at radius 3 is 3.04 bits per heavy atom. The minimum Gasteiger partial charge on any atom is -0.365 e. The van der Waals surface area contributed by atoms with Crippen molar-refractivity contribution in [1.82, 2.24) is 19.9 Å². The molecular formula is C19H19N5O2. The molecule has 1 aliphatic heterocycles. The highest BCUT2D eigenvalue weighted by molar-refractivity contribution is 5.96. The van der Waals surface area contributed by atoms with Gasteiger partial charge in [0.1, 0.15) is 23.2 Å². The van der Waals surface area contributed by atoms with E-state index in [9.17, 15) is 9.59 Å². The Kier molecular flexibility index (Phi) is 4.12. The molecule has 7 heteroatoms. The summed E-state index contributed by atoms with van der Waals surface area (Å²) >= 11 is 0. The second-order valence-corrected chi connectivity index (χ2v) is 6.42. The van der Waals surface area contributed by atoms with Crippen molar-refractivity contribution in [2.75, 3.05) is 18.4 Å². The number of nitrogens with zero attached hydrogens (tertiary/aromatic N) is 3. The molecule has 7 nitrogen and oxygen atoms in total. The summed E-state index contributed by atoms with van der Waals surface area (Å²) in [5.74, 6) is 0.424. The molecule has 3 aromatic rings. The summed E-state index contributed by atoms with van der Waals surface area (Å²) < 4.78 is 0. The van der Waals surface area contributed by atoms with Gasteiger partial charge in [0.05, 0.1) is 5.52 Å². The van der Waals surface area contributed by atoms with Crippen molar-refractivity contribution in [2.24, 2.45) is 0 Å². The van der Waals surface area contributed by atoms with Crippen LogP contribution in [-0.4, -0.2) is 44.9 Å². The second-order valence-electron chi connectivity index (χ2n) is 6.42. The van der Waals surface area contributed by atoms with Crippen LogP contribution in [0.4, 0.5) is 5.82 Å². The van der Waals surface area contributed by atoms with Crippen LogP contribution < -0.4 is 10.7 Å². The van der Waals surface area contributed by atoms with Gasteiger partial charge < -0.3 is 15.2 Å². The highest BCUT2D eigenvalue weighted by atomic mass is 16.2. The number of H-pyrrole nitrogens is 1. The van der Waals surface area contributed by atoms with Gasteiger partial charge in [0, 0.05) is 24.5 Å². The summed E-state index contributed by atoms with van der Waals surface area (Å²) in [4.78, 5) is 38.3. The zero-order chi connectivity index (χ0) is 18.1. The predicted molar refractivity (Wildman–Crippen MR) is 101 cm³/mol. The molecule has 0 spiro atoms. The van der Waals surface area contributed by atoms with E-state index in [1.807, 2.05) is 18.2 Å². The van der Waals surface area contributed by atoms with Gasteiger partial charge in [0.15, 0.2) is 0 Å². The van der Waals surface area contributed by atoms with E-state index in [-0.39, 0.29) is 17.4 Å². The summed E-state index contributed by atoms with van der Waals surface area (Å²) in [5, 5.41) is 4.38. The number of likely N-dealkylation sites (tertiary alicyclic amines) is 1. The number of amides is 1. The van der Waals surface area contributed by atoms with Crippen LogP contribution in [0.3, 0.4) is 0 Å². The Labute approximate surface area is 149 Å². The summed E-state index contributed by atoms with van der Waals surface area (Å²) in [6.07, 6.45) is 4.56. The van der Waals surface area contributed by atoms with Crippen molar-refractivity contribution in [3.8, 4) is 0 Å². The van der Waals surface area contributed by atoms with E-state index in [0.717, 1.165) is 24.9 Å². The topological polar surface area (TPSA) is 91.0 Å². The van der Waals surface area contributed by atoms with Crippen LogP contribution in [0.5, 0.6) is 0 Å². The molecule has 4 rings (SSSR count). The van der Waals surface area contributed by atoms with Crippen molar-refractivity contribution >= 4 is 33.7 Å². The van der Waals surface area contributed by atoms with E-state index in [1.54, 1.807) is 11.0 Å². The molecule has 1 fully saturated rings. The van der Waals surface area contributed by atoms with Crippen molar-refractivity contribution in [1.29, 1.82) is 0 Å². The number of carbonyl (C=O) groups excluding carboxylic acids is 1. The van der Waals surface area contributed by atoms with Crippen molar-refractivity contribution in [3.05, 3.63) is 53.5 Å². The summed E-state index contributed by atoms with van der Waals surface area (Å²) in [5.41, 5.74) is 1.14. The third kappa shape index (κ3) is 2.81. The van der Waals surface area contributed by atoms with E-state index in [2.05, 4.69) is 26.8 Å². The summed E-state index contributed by atoms with van der Waals surface area (Å²) in [6.45, 7) is 4.83. The molecule has 1 atom stereocenters. The Bertz CT molecular complexity index is 1060. The van der Waals surface area contributed by atoms with Crippen molar-refractivity contribution in [3.63, 3.8) is 0 Å². The van der Waals surface area contributed by atoms with Crippen molar-refractivity contribution < 1.29 is 4.79 Å². The Hall–Kier alpha value is -3.22. The number of anilines is 1. The molecule has 132 valence electrons. The molecule has 0 saturated carbocycles. The molecule has 0 aliphatic carbocycles. The fourth-order valence-electron chi connectivity index (χ4n) is 3.47. The maximum atomic E-state index is 13.0. The lowest BCUT2D eigenvalue weighted by molar-refractivity contribution is -0.127. The maximum absolute atomic E-state index is 13.0. The molecule has 0 radical (unpaired) electrons. The van der Waals surface area contributed by atoms with E-state index in [0.29, 0.717) is 28.8 Å². The molecular weight excluding hydrogens is 330 g/mol. The zero-order valence-electron chi connectivity index (χ0n) is 14.2. The van der Waals surface area contributed by atoms with E-state index >= 15 is 0 Å². The quantitative estimate of drug-likeness (QED) is 0.558. The molecule has 2 aromatic heterocycles. The lowest BCUT2D eigenvalue weighted by atomic mass is 10.1. The average molecular weight is 349 g/mol. The smallest absolute Gasteiger partial charge is 0.246 e. The first kappa shape index (κ1) is 16.3. The molecule has 2 N–H and O–H groups in total. The Balaban J connectivity index is 1.73. The number of fused-ring (bicyclic) bond motifs is 2. The van der Waals surface area contributed by atoms with Gasteiger partial charge in [-0.25, -0.2) is 9.97 Å². The molecule has 1 aromatic carbocycles. The van der Waals surface area contributed by atoms with Crippen LogP contribution in [-0.2, 0) is 4.79 Å². The van der Waals surface area contributed by atoms with Crippen LogP contribution >= 0.6 is 0 Å². The lowest BCUT2D eigenvalue weighted by Crippen LogP contribution is -2.44. The van der Waals surface area contributed by atoms with Gasteiger partial charge in [-0.2, -0.15) is 0 Å². The third-order valence-electron chi connectivity index (χ3n) is 4.75. The number of para-hydroxylation sites is 1. The number of benzene rings is 1. The van der Waals surface area contributed by atoms with E-state index in [1.165, 1.54) is 12.4 Å². The van der Waals surface area contributed by atoms with Crippen LogP contribution in [0.15, 0.2) is 48.0 Å². The average Bonchev–Trinajstić information content (AvgIpc) is 2.68. The summed E-state index contributed by atoms with van der Waals surface area (Å²) in [6, 6.07) is 7.37. The van der Waals surface area contributed by atoms with Gasteiger partial charge in [-0.3, -0.25) is 9.59 Å². The first-order chi connectivity index (χ1) is 12.7. The SMILES string of the molecule is C=CC(=O)N1CCCC(Nc2ncnc3[nH]c4ccccc4c(=O)c23)C1. The maximum Gasteiger partial charge on any atom is 0.246 e. The molecule has 1 amide bonds. The first-order valence-corrected chi connectivity index (χ1v) is 8.61. The fourth-order valence-corrected chi connectivity index (χ4v) is 3.47. The number of pyridine rings is 1. The highest BCUT2D eigenvalue weighted by Crippen LogP contribution is 2.21. The van der Waals surface area contributed by atoms with Gasteiger partial charge in [0.2, 0.25) is 11.3 Å². The number of hydrogen-bond donors (Lipinski definition) is 2. The Morgan fingerprint density at radius 2 is 2.19 bits per heavy atom. The van der Waals surface area contributed by atoms with E-state index < -0.39 is 0 Å². The number of hydrogen-bond acceptors (Lipinski definition) is 5. The molecule has 26 heavy (non-hydrogen) atoms. The number of nitrogens with one attached hydrogen (secondary N) is 2. The number of rotatable bonds is 3. The minimum absolute atomic E-state index is 0.0246. The number of aromatic amines is 1. The third-order valence-corrected chi connectivity index (χ3v) is 4.75. The van der Waals surface area contributed by atoms with E-state index in [4.69, 9.17) is 0 Å². The monoisotopic (exact) mass is 349 g/mol.